The van der Waals surface area contributed by atoms with Crippen molar-refractivity contribution in [3.05, 3.63) is 12.3 Å². The van der Waals surface area contributed by atoms with Crippen molar-refractivity contribution in [1.82, 2.24) is 9.78 Å². The molecule has 1 aromatic rings. The molecule has 13 heavy (non-hydrogen) atoms. The molecule has 0 fully saturated rings. The zero-order valence-electron chi connectivity index (χ0n) is 7.36. The van der Waals surface area contributed by atoms with E-state index < -0.39 is 6.03 Å². The van der Waals surface area contributed by atoms with Gasteiger partial charge in [-0.2, -0.15) is 5.10 Å². The molecule has 0 saturated carbocycles. The Bertz CT molecular complexity index is 284. The molecule has 0 atom stereocenters. The number of methoxy groups -OCH3 is 1. The molecule has 1 rings (SSSR count). The van der Waals surface area contributed by atoms with E-state index in [4.69, 9.17) is 10.5 Å². The van der Waals surface area contributed by atoms with E-state index in [1.54, 1.807) is 24.1 Å². The summed E-state index contributed by atoms with van der Waals surface area (Å²) in [6, 6.07) is 1.05. The van der Waals surface area contributed by atoms with Gasteiger partial charge in [0, 0.05) is 19.4 Å². The van der Waals surface area contributed by atoms with Crippen molar-refractivity contribution in [2.24, 2.45) is 5.73 Å². The number of nitrogens with one attached hydrogen (secondary N) is 1. The minimum absolute atomic E-state index is 0.448. The third-order valence-electron chi connectivity index (χ3n) is 1.42. The number of primary amides is 1. The number of aromatic nitrogens is 2. The van der Waals surface area contributed by atoms with Crippen LogP contribution in [-0.2, 0) is 11.3 Å². The second kappa shape index (κ2) is 4.46. The van der Waals surface area contributed by atoms with Crippen LogP contribution in [0.2, 0.25) is 0 Å². The third kappa shape index (κ3) is 3.12. The lowest BCUT2D eigenvalue weighted by Crippen LogP contribution is -2.19. The van der Waals surface area contributed by atoms with Gasteiger partial charge in [-0.1, -0.05) is 0 Å². The van der Waals surface area contributed by atoms with Crippen LogP contribution >= 0.6 is 0 Å². The van der Waals surface area contributed by atoms with Crippen LogP contribution in [-0.4, -0.2) is 29.5 Å². The Balaban J connectivity index is 2.48. The Morgan fingerprint density at radius 1 is 1.85 bits per heavy atom. The monoisotopic (exact) mass is 184 g/mol. The molecule has 2 amide bonds. The minimum atomic E-state index is -0.614. The Morgan fingerprint density at radius 3 is 3.23 bits per heavy atom. The SMILES string of the molecule is COCCn1ccc(NC(N)=O)n1. The largest absolute Gasteiger partial charge is 0.383 e. The molecule has 0 saturated heterocycles. The Labute approximate surface area is 75.7 Å². The molecular formula is C7H12N4O2. The number of nitrogens with two attached hydrogens (primary N) is 1. The first kappa shape index (κ1) is 9.53. The van der Waals surface area contributed by atoms with Crippen LogP contribution in [0.1, 0.15) is 0 Å². The van der Waals surface area contributed by atoms with Gasteiger partial charge in [-0.3, -0.25) is 10.00 Å². The molecule has 3 N–H and O–H groups in total. The third-order valence-corrected chi connectivity index (χ3v) is 1.42. The first-order chi connectivity index (χ1) is 6.22. The second-order valence-electron chi connectivity index (χ2n) is 2.45. The number of urea groups is 1. The Morgan fingerprint density at radius 2 is 2.62 bits per heavy atom. The number of hydrogen-bond donors (Lipinski definition) is 2. The summed E-state index contributed by atoms with van der Waals surface area (Å²) in [5.74, 6) is 0.448. The van der Waals surface area contributed by atoms with Gasteiger partial charge in [0.2, 0.25) is 0 Å². The van der Waals surface area contributed by atoms with E-state index >= 15 is 0 Å². The van der Waals surface area contributed by atoms with Crippen LogP contribution in [0.4, 0.5) is 10.6 Å². The fraction of sp³-hybridized carbons (Fsp3) is 0.429. The van der Waals surface area contributed by atoms with Crippen molar-refractivity contribution < 1.29 is 9.53 Å². The lowest BCUT2D eigenvalue weighted by atomic mass is 10.6. The summed E-state index contributed by atoms with van der Waals surface area (Å²) in [7, 11) is 1.62. The fourth-order valence-electron chi connectivity index (χ4n) is 0.864. The van der Waals surface area contributed by atoms with Crippen LogP contribution in [0.5, 0.6) is 0 Å². The molecule has 1 heterocycles. The van der Waals surface area contributed by atoms with Crippen molar-refractivity contribution in [3.63, 3.8) is 0 Å². The Kier molecular flexibility index (Phi) is 3.27. The number of carbonyl (C=O) groups excluding carboxylic acids is 1. The molecule has 0 aliphatic heterocycles. The maximum atomic E-state index is 10.4. The summed E-state index contributed by atoms with van der Waals surface area (Å²) in [4.78, 5) is 10.4. The highest BCUT2D eigenvalue weighted by atomic mass is 16.5. The standard InChI is InChI=1S/C7H12N4O2/c1-13-5-4-11-3-2-6(10-11)9-7(8)12/h2-3H,4-5H2,1H3,(H3,8,9,10,12). The smallest absolute Gasteiger partial charge is 0.317 e. The molecule has 6 heteroatoms. The summed E-state index contributed by atoms with van der Waals surface area (Å²) in [6.45, 7) is 1.23. The first-order valence-electron chi connectivity index (χ1n) is 3.81. The van der Waals surface area contributed by atoms with Gasteiger partial charge in [-0.25, -0.2) is 4.79 Å². The van der Waals surface area contributed by atoms with Crippen molar-refractivity contribution in [3.8, 4) is 0 Å². The highest BCUT2D eigenvalue weighted by Gasteiger charge is 1.99. The molecule has 0 aliphatic carbocycles. The maximum Gasteiger partial charge on any atom is 0.317 e. The van der Waals surface area contributed by atoms with Crippen molar-refractivity contribution in [2.45, 2.75) is 6.54 Å². The quantitative estimate of drug-likeness (QED) is 0.692. The van der Waals surface area contributed by atoms with Crippen LogP contribution in [0.25, 0.3) is 0 Å². The molecule has 72 valence electrons. The predicted molar refractivity (Wildman–Crippen MR) is 47.3 cm³/mol. The van der Waals surface area contributed by atoms with E-state index in [9.17, 15) is 4.79 Å². The van der Waals surface area contributed by atoms with Gasteiger partial charge in [-0.05, 0) is 0 Å². The fourth-order valence-corrected chi connectivity index (χ4v) is 0.864. The van der Waals surface area contributed by atoms with Gasteiger partial charge in [0.1, 0.15) is 0 Å². The molecule has 0 aromatic carbocycles. The van der Waals surface area contributed by atoms with E-state index in [1.165, 1.54) is 0 Å². The summed E-state index contributed by atoms with van der Waals surface area (Å²) in [5, 5.41) is 6.38. The minimum Gasteiger partial charge on any atom is -0.383 e. The van der Waals surface area contributed by atoms with Crippen LogP contribution < -0.4 is 11.1 Å². The lowest BCUT2D eigenvalue weighted by Gasteiger charge is -1.99. The Hall–Kier alpha value is -1.56. The van der Waals surface area contributed by atoms with E-state index in [2.05, 4.69) is 10.4 Å². The van der Waals surface area contributed by atoms with Gasteiger partial charge in [0.05, 0.1) is 13.2 Å². The van der Waals surface area contributed by atoms with Crippen molar-refractivity contribution in [2.75, 3.05) is 19.0 Å². The van der Waals surface area contributed by atoms with Crippen molar-refractivity contribution >= 4 is 11.8 Å². The van der Waals surface area contributed by atoms with Gasteiger partial charge in [0.25, 0.3) is 0 Å². The van der Waals surface area contributed by atoms with Gasteiger partial charge >= 0.3 is 6.03 Å². The topological polar surface area (TPSA) is 82.2 Å². The summed E-state index contributed by atoms with van der Waals surface area (Å²) < 4.78 is 6.52. The van der Waals surface area contributed by atoms with E-state index in [-0.39, 0.29) is 0 Å². The highest BCUT2D eigenvalue weighted by Crippen LogP contribution is 2.00. The summed E-state index contributed by atoms with van der Waals surface area (Å²) in [6.07, 6.45) is 1.74. The zero-order valence-corrected chi connectivity index (χ0v) is 7.36. The van der Waals surface area contributed by atoms with Gasteiger partial charge < -0.3 is 10.5 Å². The van der Waals surface area contributed by atoms with Crippen LogP contribution in [0.3, 0.4) is 0 Å². The number of rotatable bonds is 4. The van der Waals surface area contributed by atoms with Crippen molar-refractivity contribution in [1.29, 1.82) is 0 Å². The molecular weight excluding hydrogens is 172 g/mol. The van der Waals surface area contributed by atoms with Crippen LogP contribution in [0, 0.1) is 0 Å². The molecule has 6 nitrogen and oxygen atoms in total. The van der Waals surface area contributed by atoms with E-state index in [0.717, 1.165) is 0 Å². The summed E-state index contributed by atoms with van der Waals surface area (Å²) in [5.41, 5.74) is 4.91. The second-order valence-corrected chi connectivity index (χ2v) is 2.45. The zero-order chi connectivity index (χ0) is 9.68. The molecule has 0 radical (unpaired) electrons. The molecule has 1 aromatic heterocycles. The number of nitrogens with zero attached hydrogens (tertiary/aromatic N) is 2. The number of anilines is 1. The van der Waals surface area contributed by atoms with E-state index in [0.29, 0.717) is 19.0 Å². The summed E-state index contributed by atoms with van der Waals surface area (Å²) >= 11 is 0. The molecule has 0 bridgehead atoms. The first-order valence-corrected chi connectivity index (χ1v) is 3.81. The van der Waals surface area contributed by atoms with Crippen LogP contribution in [0.15, 0.2) is 12.3 Å². The number of hydrogen-bond acceptors (Lipinski definition) is 3. The lowest BCUT2D eigenvalue weighted by molar-refractivity contribution is 0.183. The number of ether oxygens (including phenoxy) is 1. The average molecular weight is 184 g/mol. The normalized spacial score (nSPS) is 9.92. The predicted octanol–water partition coefficient (Wildman–Crippen LogP) is 0.0201. The van der Waals surface area contributed by atoms with E-state index in [1.807, 2.05) is 0 Å². The average Bonchev–Trinajstić information content (AvgIpc) is 2.48. The highest BCUT2D eigenvalue weighted by molar-refractivity contribution is 5.86. The molecule has 0 spiro atoms. The molecule has 0 unspecified atom stereocenters. The van der Waals surface area contributed by atoms with Gasteiger partial charge in [-0.15, -0.1) is 0 Å². The number of carbonyl (C=O) groups is 1. The number of amides is 2. The molecule has 0 aliphatic rings. The van der Waals surface area contributed by atoms with Gasteiger partial charge in [0.15, 0.2) is 5.82 Å². The maximum absolute atomic E-state index is 10.4.